The van der Waals surface area contributed by atoms with E-state index in [1.165, 1.54) is 24.3 Å². The second-order valence-electron chi connectivity index (χ2n) is 4.07. The van der Waals surface area contributed by atoms with E-state index < -0.39 is 28.3 Å². The Morgan fingerprint density at radius 1 is 1.19 bits per heavy atom. The lowest BCUT2D eigenvalue weighted by molar-refractivity contribution is -0.181. The Kier molecular flexibility index (Phi) is 2.06. The second-order valence-corrected chi connectivity index (χ2v) is 4.67. The van der Waals surface area contributed by atoms with Crippen molar-refractivity contribution in [3.05, 3.63) is 12.2 Å². The van der Waals surface area contributed by atoms with E-state index in [1.54, 1.807) is 0 Å². The maximum Gasteiger partial charge on any atom is 0.410 e. The average Bonchev–Trinajstić information content (AvgIpc) is 2.75. The number of nitrogens with zero attached hydrogens (tertiary/aromatic N) is 2. The standard InChI is InChI=1S/C10H6ClF3N2/c11-9(10(12,13)14)7-2-1-6(3-7)8(9,4-15)5-16/h1-2,6-7H,3H2/t6-,7-,9+/m1/s1. The number of hydrogen-bond acceptors (Lipinski definition) is 2. The predicted molar refractivity (Wildman–Crippen MR) is 49.0 cm³/mol. The number of rotatable bonds is 0. The molecule has 0 aromatic rings. The third kappa shape index (κ3) is 0.929. The smallest absolute Gasteiger partial charge is 0.196 e. The van der Waals surface area contributed by atoms with Crippen molar-refractivity contribution < 1.29 is 13.2 Å². The van der Waals surface area contributed by atoms with Crippen LogP contribution in [0, 0.1) is 39.9 Å². The number of allylic oxidation sites excluding steroid dienone is 2. The van der Waals surface area contributed by atoms with Crippen molar-refractivity contribution in [2.24, 2.45) is 17.3 Å². The topological polar surface area (TPSA) is 47.6 Å². The van der Waals surface area contributed by atoms with E-state index in [0.29, 0.717) is 0 Å². The molecule has 2 aliphatic carbocycles. The minimum Gasteiger partial charge on any atom is -0.196 e. The normalized spacial score (nSPS) is 39.4. The van der Waals surface area contributed by atoms with Crippen molar-refractivity contribution in [1.29, 1.82) is 10.5 Å². The van der Waals surface area contributed by atoms with Crippen LogP contribution in [0.1, 0.15) is 6.42 Å². The van der Waals surface area contributed by atoms with Gasteiger partial charge in [0, 0.05) is 11.8 Å². The largest absolute Gasteiger partial charge is 0.410 e. The molecule has 0 heterocycles. The van der Waals surface area contributed by atoms with Crippen LogP contribution in [0.4, 0.5) is 13.2 Å². The van der Waals surface area contributed by atoms with Crippen molar-refractivity contribution in [1.82, 2.24) is 0 Å². The summed E-state index contributed by atoms with van der Waals surface area (Å²) in [7, 11) is 0. The molecule has 0 spiro atoms. The molecule has 0 aromatic heterocycles. The summed E-state index contributed by atoms with van der Waals surface area (Å²) in [6.07, 6.45) is -1.81. The van der Waals surface area contributed by atoms with E-state index in [1.807, 2.05) is 0 Å². The van der Waals surface area contributed by atoms with Crippen LogP contribution in [0.2, 0.25) is 0 Å². The van der Waals surface area contributed by atoms with Gasteiger partial charge in [-0.1, -0.05) is 12.2 Å². The van der Waals surface area contributed by atoms with Gasteiger partial charge < -0.3 is 0 Å². The number of nitriles is 2. The van der Waals surface area contributed by atoms with Crippen molar-refractivity contribution in [2.75, 3.05) is 0 Å². The van der Waals surface area contributed by atoms with Crippen LogP contribution in [0.25, 0.3) is 0 Å². The van der Waals surface area contributed by atoms with Gasteiger partial charge >= 0.3 is 6.18 Å². The quantitative estimate of drug-likeness (QED) is 0.487. The van der Waals surface area contributed by atoms with Crippen LogP contribution >= 0.6 is 11.6 Å². The molecule has 84 valence electrons. The maximum absolute atomic E-state index is 13.0. The first-order valence-electron chi connectivity index (χ1n) is 4.60. The van der Waals surface area contributed by atoms with Crippen LogP contribution in [0.5, 0.6) is 0 Å². The van der Waals surface area contributed by atoms with Crippen molar-refractivity contribution in [3.63, 3.8) is 0 Å². The van der Waals surface area contributed by atoms with Crippen LogP contribution < -0.4 is 0 Å². The van der Waals surface area contributed by atoms with Gasteiger partial charge in [-0.15, -0.1) is 11.6 Å². The molecule has 6 heteroatoms. The molecule has 2 nitrogen and oxygen atoms in total. The molecular weight excluding hydrogens is 241 g/mol. The summed E-state index contributed by atoms with van der Waals surface area (Å²) in [5.74, 6) is -1.72. The fourth-order valence-electron chi connectivity index (χ4n) is 2.66. The highest BCUT2D eigenvalue weighted by atomic mass is 35.5. The highest BCUT2D eigenvalue weighted by Crippen LogP contribution is 2.66. The molecule has 0 amide bonds. The Bertz CT molecular complexity index is 428. The fraction of sp³-hybridized carbons (Fsp3) is 0.600. The van der Waals surface area contributed by atoms with E-state index in [-0.39, 0.29) is 6.42 Å². The number of hydrogen-bond donors (Lipinski definition) is 0. The first-order valence-corrected chi connectivity index (χ1v) is 4.97. The molecule has 2 aliphatic rings. The summed E-state index contributed by atoms with van der Waals surface area (Å²) in [4.78, 5) is -2.77. The molecule has 0 aliphatic heterocycles. The summed E-state index contributed by atoms with van der Waals surface area (Å²) in [5.41, 5.74) is -2.20. The molecule has 2 bridgehead atoms. The minimum atomic E-state index is -4.77. The van der Waals surface area contributed by atoms with Gasteiger partial charge in [-0.25, -0.2) is 0 Å². The molecule has 3 atom stereocenters. The molecule has 0 saturated heterocycles. The third-order valence-electron chi connectivity index (χ3n) is 3.49. The fourth-order valence-corrected chi connectivity index (χ4v) is 3.05. The minimum absolute atomic E-state index is 0.115. The highest BCUT2D eigenvalue weighted by Gasteiger charge is 2.77. The lowest BCUT2D eigenvalue weighted by Crippen LogP contribution is -2.55. The van der Waals surface area contributed by atoms with E-state index in [9.17, 15) is 13.2 Å². The number of halogens is 4. The van der Waals surface area contributed by atoms with E-state index in [0.717, 1.165) is 0 Å². The zero-order valence-electron chi connectivity index (χ0n) is 7.92. The van der Waals surface area contributed by atoms with Gasteiger partial charge in [0.1, 0.15) is 0 Å². The van der Waals surface area contributed by atoms with Crippen molar-refractivity contribution in [3.8, 4) is 12.1 Å². The predicted octanol–water partition coefficient (Wildman–Crippen LogP) is 2.77. The van der Waals surface area contributed by atoms with Gasteiger partial charge in [-0.3, -0.25) is 0 Å². The molecule has 16 heavy (non-hydrogen) atoms. The lowest BCUT2D eigenvalue weighted by atomic mass is 9.69. The van der Waals surface area contributed by atoms with Crippen LogP contribution in [0.3, 0.4) is 0 Å². The number of fused-ring (bicyclic) bond motifs is 2. The van der Waals surface area contributed by atoms with Gasteiger partial charge in [-0.2, -0.15) is 23.7 Å². The van der Waals surface area contributed by atoms with Gasteiger partial charge in [0.2, 0.25) is 0 Å². The molecule has 1 saturated carbocycles. The molecule has 1 fully saturated rings. The Balaban J connectivity index is 2.67. The average molecular weight is 247 g/mol. The monoisotopic (exact) mass is 246 g/mol. The number of alkyl halides is 4. The van der Waals surface area contributed by atoms with E-state index in [2.05, 4.69) is 0 Å². The van der Waals surface area contributed by atoms with Gasteiger partial charge in [0.15, 0.2) is 10.3 Å². The molecule has 0 radical (unpaired) electrons. The van der Waals surface area contributed by atoms with Crippen LogP contribution in [0.15, 0.2) is 12.2 Å². The first kappa shape index (κ1) is 11.3. The Morgan fingerprint density at radius 2 is 1.69 bits per heavy atom. The Hall–Kier alpha value is -1.20. The summed E-state index contributed by atoms with van der Waals surface area (Å²) in [5, 5.41) is 17.9. The molecule has 0 unspecified atom stereocenters. The van der Waals surface area contributed by atoms with Crippen LogP contribution in [-0.2, 0) is 0 Å². The SMILES string of the molecule is N#CC1(C#N)[C@@H]2C=C[C@H](C2)[C@@]1(Cl)C(F)(F)F. The molecular formula is C10H6ClF3N2. The summed E-state index contributed by atoms with van der Waals surface area (Å²) >= 11 is 5.65. The zero-order chi connectivity index (χ0) is 12.2. The third-order valence-corrected chi connectivity index (χ3v) is 4.28. The van der Waals surface area contributed by atoms with Gasteiger partial charge in [0.05, 0.1) is 12.1 Å². The summed E-state index contributed by atoms with van der Waals surface area (Å²) < 4.78 is 39.0. The van der Waals surface area contributed by atoms with E-state index in [4.69, 9.17) is 22.1 Å². The summed E-state index contributed by atoms with van der Waals surface area (Å²) in [6.45, 7) is 0. The van der Waals surface area contributed by atoms with Gasteiger partial charge in [0.25, 0.3) is 0 Å². The molecule has 2 rings (SSSR count). The second kappa shape index (κ2) is 2.93. The van der Waals surface area contributed by atoms with Crippen molar-refractivity contribution >= 4 is 11.6 Å². The Labute approximate surface area is 94.9 Å². The van der Waals surface area contributed by atoms with Crippen LogP contribution in [-0.4, -0.2) is 11.1 Å². The molecule has 0 N–H and O–H groups in total. The van der Waals surface area contributed by atoms with E-state index >= 15 is 0 Å². The Morgan fingerprint density at radius 3 is 2.06 bits per heavy atom. The zero-order valence-corrected chi connectivity index (χ0v) is 8.68. The lowest BCUT2D eigenvalue weighted by Gasteiger charge is -2.39. The highest BCUT2D eigenvalue weighted by molar-refractivity contribution is 6.26. The maximum atomic E-state index is 13.0. The van der Waals surface area contributed by atoms with Crippen molar-refractivity contribution in [2.45, 2.75) is 17.5 Å². The van der Waals surface area contributed by atoms with Gasteiger partial charge in [-0.05, 0) is 6.42 Å². The molecule has 0 aromatic carbocycles. The summed E-state index contributed by atoms with van der Waals surface area (Å²) in [6, 6.07) is 2.98. The first-order chi connectivity index (χ1) is 7.33.